The van der Waals surface area contributed by atoms with Crippen LogP contribution in [0, 0.1) is 0 Å². The number of hydrogen-bond acceptors (Lipinski definition) is 7. The number of Topliss-reactive ketones (excluding diaryl/α,β-unsaturated/α-hetero) is 1. The van der Waals surface area contributed by atoms with Gasteiger partial charge in [0, 0.05) is 17.7 Å². The Bertz CT molecular complexity index is 1030. The van der Waals surface area contributed by atoms with Gasteiger partial charge in [0.25, 0.3) is 5.79 Å². The first-order valence-electron chi connectivity index (χ1n) is 10.2. The van der Waals surface area contributed by atoms with Crippen molar-refractivity contribution in [3.63, 3.8) is 0 Å². The van der Waals surface area contributed by atoms with Gasteiger partial charge in [-0.05, 0) is 49.2 Å². The first-order valence-corrected chi connectivity index (χ1v) is 10.6. The first kappa shape index (κ1) is 21.3. The highest BCUT2D eigenvalue weighted by molar-refractivity contribution is 6.33. The van der Waals surface area contributed by atoms with Gasteiger partial charge in [-0.15, -0.1) is 0 Å². The summed E-state index contributed by atoms with van der Waals surface area (Å²) in [5, 5.41) is 7.07. The van der Waals surface area contributed by atoms with Crippen LogP contribution in [0.2, 0.25) is 5.02 Å². The lowest BCUT2D eigenvalue weighted by Gasteiger charge is -2.32. The number of ether oxygens (including phenoxy) is 2. The van der Waals surface area contributed by atoms with E-state index in [1.54, 1.807) is 18.2 Å². The molecule has 2 heterocycles. The van der Waals surface area contributed by atoms with Crippen molar-refractivity contribution in [2.75, 3.05) is 18.4 Å². The van der Waals surface area contributed by atoms with Crippen LogP contribution in [-0.4, -0.2) is 30.8 Å². The molecule has 1 spiro atoms. The SMILES string of the molecule is CC(=O)c1cccc(CNc2c(Cl)ccc3c2CCNCC32OC(=O)CCC(=O)O2)c1. The van der Waals surface area contributed by atoms with Crippen LogP contribution in [0.25, 0.3) is 0 Å². The maximum absolute atomic E-state index is 12.2. The Morgan fingerprint density at radius 2 is 1.87 bits per heavy atom. The molecule has 162 valence electrons. The standard InChI is InChI=1S/C23H23ClN2O5/c1-14(27)16-4-2-3-15(11-16)12-26-22-17-9-10-25-13-23(18(17)5-6-19(22)24)30-20(28)7-8-21(29)31-23/h2-6,11,25-26H,7-10,12-13H2,1H3. The van der Waals surface area contributed by atoms with Crippen molar-refractivity contribution in [1.82, 2.24) is 5.32 Å². The van der Waals surface area contributed by atoms with Crippen molar-refractivity contribution in [1.29, 1.82) is 0 Å². The van der Waals surface area contributed by atoms with E-state index in [9.17, 15) is 14.4 Å². The van der Waals surface area contributed by atoms with Crippen molar-refractivity contribution >= 4 is 35.0 Å². The lowest BCUT2D eigenvalue weighted by Crippen LogP contribution is -2.43. The second-order valence-electron chi connectivity index (χ2n) is 7.69. The van der Waals surface area contributed by atoms with E-state index in [1.807, 2.05) is 18.2 Å². The first-order chi connectivity index (χ1) is 14.9. The Morgan fingerprint density at radius 3 is 2.58 bits per heavy atom. The molecule has 4 rings (SSSR count). The number of anilines is 1. The van der Waals surface area contributed by atoms with E-state index in [2.05, 4.69) is 10.6 Å². The van der Waals surface area contributed by atoms with Crippen LogP contribution in [0.4, 0.5) is 5.69 Å². The highest BCUT2D eigenvalue weighted by Crippen LogP contribution is 2.40. The smallest absolute Gasteiger partial charge is 0.309 e. The summed E-state index contributed by atoms with van der Waals surface area (Å²) < 4.78 is 11.3. The van der Waals surface area contributed by atoms with E-state index in [-0.39, 0.29) is 25.2 Å². The Labute approximate surface area is 185 Å². The molecule has 7 nitrogen and oxygen atoms in total. The number of hydrogen-bond donors (Lipinski definition) is 2. The maximum atomic E-state index is 12.2. The number of benzene rings is 2. The lowest BCUT2D eigenvalue weighted by molar-refractivity contribution is -0.225. The molecule has 0 amide bonds. The van der Waals surface area contributed by atoms with Gasteiger partial charge < -0.3 is 20.1 Å². The second-order valence-corrected chi connectivity index (χ2v) is 8.09. The molecule has 31 heavy (non-hydrogen) atoms. The summed E-state index contributed by atoms with van der Waals surface area (Å²) in [5.74, 6) is -2.48. The molecule has 2 aromatic rings. The number of halogens is 1. The molecule has 8 heteroatoms. The summed E-state index contributed by atoms with van der Waals surface area (Å²) in [4.78, 5) is 36.1. The third kappa shape index (κ3) is 4.43. The van der Waals surface area contributed by atoms with Gasteiger partial charge in [-0.2, -0.15) is 0 Å². The summed E-state index contributed by atoms with van der Waals surface area (Å²) in [7, 11) is 0. The van der Waals surface area contributed by atoms with E-state index >= 15 is 0 Å². The van der Waals surface area contributed by atoms with Crippen molar-refractivity contribution < 1.29 is 23.9 Å². The number of ketones is 1. The highest BCUT2D eigenvalue weighted by Gasteiger charge is 2.45. The van der Waals surface area contributed by atoms with Gasteiger partial charge >= 0.3 is 11.9 Å². The summed E-state index contributed by atoms with van der Waals surface area (Å²) in [5.41, 5.74) is 3.67. The zero-order valence-corrected chi connectivity index (χ0v) is 17.9. The summed E-state index contributed by atoms with van der Waals surface area (Å²) >= 11 is 6.53. The molecule has 2 aliphatic rings. The van der Waals surface area contributed by atoms with Crippen molar-refractivity contribution in [2.45, 2.75) is 38.5 Å². The fraction of sp³-hybridized carbons (Fsp3) is 0.348. The van der Waals surface area contributed by atoms with Gasteiger partial charge in [-0.25, -0.2) is 0 Å². The molecule has 0 atom stereocenters. The predicted molar refractivity (Wildman–Crippen MR) is 115 cm³/mol. The summed E-state index contributed by atoms with van der Waals surface area (Å²) in [6, 6.07) is 10.8. The molecule has 2 N–H and O–H groups in total. The molecule has 0 radical (unpaired) electrons. The largest absolute Gasteiger partial charge is 0.416 e. The maximum Gasteiger partial charge on any atom is 0.309 e. The third-order valence-corrected chi connectivity index (χ3v) is 5.79. The Morgan fingerprint density at radius 1 is 1.13 bits per heavy atom. The molecule has 1 saturated heterocycles. The molecule has 0 aromatic heterocycles. The quantitative estimate of drug-likeness (QED) is 0.554. The average Bonchev–Trinajstić information content (AvgIpc) is 3.00. The van der Waals surface area contributed by atoms with Crippen molar-refractivity contribution in [2.24, 2.45) is 0 Å². The fourth-order valence-corrected chi connectivity index (χ4v) is 4.20. The van der Waals surface area contributed by atoms with Crippen molar-refractivity contribution in [3.05, 3.63) is 63.7 Å². The van der Waals surface area contributed by atoms with Crippen LogP contribution < -0.4 is 10.6 Å². The van der Waals surface area contributed by atoms with Gasteiger partial charge in [-0.3, -0.25) is 14.4 Å². The van der Waals surface area contributed by atoms with Crippen LogP contribution in [0.3, 0.4) is 0 Å². The fourth-order valence-electron chi connectivity index (χ4n) is 3.96. The summed E-state index contributed by atoms with van der Waals surface area (Å²) in [6.45, 7) is 2.73. The van der Waals surface area contributed by atoms with Crippen LogP contribution in [0.1, 0.15) is 46.8 Å². The van der Waals surface area contributed by atoms with Crippen molar-refractivity contribution in [3.8, 4) is 0 Å². The zero-order valence-electron chi connectivity index (χ0n) is 17.1. The van der Waals surface area contributed by atoms with E-state index < -0.39 is 17.7 Å². The van der Waals surface area contributed by atoms with Gasteiger partial charge in [0.1, 0.15) is 0 Å². The van der Waals surface area contributed by atoms with Crippen LogP contribution >= 0.6 is 11.6 Å². The highest BCUT2D eigenvalue weighted by atomic mass is 35.5. The van der Waals surface area contributed by atoms with Gasteiger partial charge in [0.05, 0.1) is 30.1 Å². The molecular formula is C23H23ClN2O5. The second kappa shape index (κ2) is 8.69. The normalized spacial score (nSPS) is 17.7. The van der Waals surface area contributed by atoms with E-state index in [1.165, 1.54) is 6.92 Å². The molecule has 2 aliphatic heterocycles. The number of rotatable bonds is 4. The van der Waals surface area contributed by atoms with E-state index in [0.717, 1.165) is 11.1 Å². The van der Waals surface area contributed by atoms with Crippen LogP contribution in [0.15, 0.2) is 36.4 Å². The van der Waals surface area contributed by atoms with Crippen LogP contribution in [0.5, 0.6) is 0 Å². The molecular weight excluding hydrogens is 420 g/mol. The van der Waals surface area contributed by atoms with E-state index in [4.69, 9.17) is 21.1 Å². The average molecular weight is 443 g/mol. The number of fused-ring (bicyclic) bond motifs is 2. The van der Waals surface area contributed by atoms with Crippen LogP contribution in [-0.2, 0) is 37.8 Å². The molecule has 0 bridgehead atoms. The van der Waals surface area contributed by atoms with E-state index in [0.29, 0.717) is 41.3 Å². The Hall–Kier alpha value is -2.90. The Kier molecular flexibility index (Phi) is 5.98. The van der Waals surface area contributed by atoms with Gasteiger partial charge in [0.2, 0.25) is 0 Å². The van der Waals surface area contributed by atoms with Gasteiger partial charge in [-0.1, -0.05) is 29.8 Å². The minimum absolute atomic E-state index is 0.00141. The lowest BCUT2D eigenvalue weighted by atomic mass is 9.96. The van der Waals surface area contributed by atoms with Gasteiger partial charge in [0.15, 0.2) is 5.78 Å². The minimum atomic E-state index is -1.52. The zero-order chi connectivity index (χ0) is 22.0. The predicted octanol–water partition coefficient (Wildman–Crippen LogP) is 3.33. The molecule has 0 saturated carbocycles. The Balaban J connectivity index is 1.71. The minimum Gasteiger partial charge on any atom is -0.416 e. The molecule has 0 unspecified atom stereocenters. The third-order valence-electron chi connectivity index (χ3n) is 5.48. The molecule has 2 aromatic carbocycles. The molecule has 0 aliphatic carbocycles. The molecule has 1 fully saturated rings. The monoisotopic (exact) mass is 442 g/mol. The topological polar surface area (TPSA) is 93.7 Å². The summed E-state index contributed by atoms with van der Waals surface area (Å²) in [6.07, 6.45) is 0.574. The number of esters is 2. The number of carbonyl (C=O) groups is 3. The number of nitrogens with one attached hydrogen (secondary N) is 2. The number of carbonyl (C=O) groups excluding carboxylic acids is 3.